The Bertz CT molecular complexity index is 830. The molecule has 8 heteroatoms. The van der Waals surface area contributed by atoms with Crippen molar-refractivity contribution in [3.63, 3.8) is 0 Å². The van der Waals surface area contributed by atoms with Crippen molar-refractivity contribution < 1.29 is 4.79 Å². The van der Waals surface area contributed by atoms with Gasteiger partial charge in [0.05, 0.1) is 6.33 Å². The molecule has 3 aromatic rings. The fourth-order valence-electron chi connectivity index (χ4n) is 2.27. The Labute approximate surface area is 154 Å². The molecule has 0 bridgehead atoms. The van der Waals surface area contributed by atoms with E-state index in [1.54, 1.807) is 12.5 Å². The molecule has 0 spiro atoms. The quantitative estimate of drug-likeness (QED) is 0.588. The molecular formula is C17H15Cl2N5O. The number of carbonyl (C=O) groups excluding carboxylic acids is 1. The second-order valence-electron chi connectivity index (χ2n) is 5.38. The third-order valence-corrected chi connectivity index (χ3v) is 3.83. The van der Waals surface area contributed by atoms with Crippen LogP contribution in [0.4, 0.5) is 10.5 Å². The molecule has 0 unspecified atom stereocenters. The Kier molecular flexibility index (Phi) is 5.53. The molecule has 0 aliphatic heterocycles. The van der Waals surface area contributed by atoms with E-state index in [0.29, 0.717) is 12.2 Å². The molecule has 0 fully saturated rings. The Morgan fingerprint density at radius 2 is 1.76 bits per heavy atom. The minimum atomic E-state index is -0.347. The number of rotatable bonds is 5. The van der Waals surface area contributed by atoms with E-state index >= 15 is 0 Å². The zero-order chi connectivity index (χ0) is 17.6. The van der Waals surface area contributed by atoms with E-state index in [4.69, 9.17) is 23.2 Å². The number of urea groups is 1. The van der Waals surface area contributed by atoms with E-state index in [1.165, 1.54) is 17.7 Å². The highest BCUT2D eigenvalue weighted by molar-refractivity contribution is 6.32. The predicted octanol–water partition coefficient (Wildman–Crippen LogP) is 4.02. The molecule has 6 nitrogen and oxygen atoms in total. The van der Waals surface area contributed by atoms with E-state index in [1.807, 2.05) is 24.3 Å². The highest BCUT2D eigenvalue weighted by Crippen LogP contribution is 2.18. The van der Waals surface area contributed by atoms with Gasteiger partial charge in [-0.15, -0.1) is 0 Å². The minimum Gasteiger partial charge on any atom is -0.348 e. The molecule has 128 valence electrons. The van der Waals surface area contributed by atoms with Crippen LogP contribution in [-0.2, 0) is 13.0 Å². The van der Waals surface area contributed by atoms with Crippen molar-refractivity contribution in [1.29, 1.82) is 0 Å². The van der Waals surface area contributed by atoms with Gasteiger partial charge in [-0.05, 0) is 23.3 Å². The van der Waals surface area contributed by atoms with E-state index in [2.05, 4.69) is 25.6 Å². The number of carbonyl (C=O) groups is 1. The molecule has 2 amide bonds. The Balaban J connectivity index is 1.51. The first kappa shape index (κ1) is 17.3. The van der Waals surface area contributed by atoms with Gasteiger partial charge in [0.15, 0.2) is 0 Å². The minimum absolute atomic E-state index is 0.218. The summed E-state index contributed by atoms with van der Waals surface area (Å²) in [6.07, 6.45) is 4.25. The van der Waals surface area contributed by atoms with E-state index < -0.39 is 0 Å². The van der Waals surface area contributed by atoms with Crippen LogP contribution in [-0.4, -0.2) is 21.0 Å². The number of benzene rings is 1. The maximum Gasteiger partial charge on any atom is 0.319 e. The van der Waals surface area contributed by atoms with Gasteiger partial charge in [0, 0.05) is 30.5 Å². The van der Waals surface area contributed by atoms with Gasteiger partial charge in [-0.2, -0.15) is 0 Å². The van der Waals surface area contributed by atoms with Crippen molar-refractivity contribution in [2.75, 3.05) is 5.32 Å². The van der Waals surface area contributed by atoms with Crippen molar-refractivity contribution in [2.24, 2.45) is 0 Å². The number of H-pyrrole nitrogens is 1. The summed E-state index contributed by atoms with van der Waals surface area (Å²) >= 11 is 11.6. The molecule has 3 rings (SSSR count). The monoisotopic (exact) mass is 375 g/mol. The summed E-state index contributed by atoms with van der Waals surface area (Å²) in [4.78, 5) is 22.8. The molecule has 25 heavy (non-hydrogen) atoms. The average molecular weight is 376 g/mol. The number of anilines is 1. The summed E-state index contributed by atoms with van der Waals surface area (Å²) in [5.41, 5.74) is 3.70. The number of pyridine rings is 1. The maximum atomic E-state index is 11.9. The summed E-state index contributed by atoms with van der Waals surface area (Å²) in [6, 6.07) is 10.7. The normalized spacial score (nSPS) is 10.5. The van der Waals surface area contributed by atoms with Crippen LogP contribution < -0.4 is 10.6 Å². The topological polar surface area (TPSA) is 82.7 Å². The third-order valence-electron chi connectivity index (χ3n) is 3.45. The highest BCUT2D eigenvalue weighted by atomic mass is 35.5. The molecule has 2 aromatic heterocycles. The number of aromatic amines is 1. The van der Waals surface area contributed by atoms with E-state index in [0.717, 1.165) is 17.7 Å². The van der Waals surface area contributed by atoms with E-state index in [-0.39, 0.29) is 16.3 Å². The first-order chi connectivity index (χ1) is 12.1. The van der Waals surface area contributed by atoms with Crippen molar-refractivity contribution in [3.05, 3.63) is 76.0 Å². The van der Waals surface area contributed by atoms with Crippen LogP contribution in [0.15, 0.2) is 48.9 Å². The molecule has 0 saturated heterocycles. The van der Waals surface area contributed by atoms with Crippen LogP contribution in [0.1, 0.15) is 16.8 Å². The van der Waals surface area contributed by atoms with Crippen LogP contribution in [0.5, 0.6) is 0 Å². The number of aromatic nitrogens is 3. The first-order valence-corrected chi connectivity index (χ1v) is 8.27. The number of halogens is 2. The Morgan fingerprint density at radius 3 is 2.40 bits per heavy atom. The number of hydrogen-bond donors (Lipinski definition) is 3. The largest absolute Gasteiger partial charge is 0.348 e. The number of amides is 2. The molecule has 0 radical (unpaired) electrons. The van der Waals surface area contributed by atoms with Crippen LogP contribution in [0.3, 0.4) is 0 Å². The number of hydrogen-bond acceptors (Lipinski definition) is 3. The van der Waals surface area contributed by atoms with Crippen molar-refractivity contribution >= 4 is 34.9 Å². The SMILES string of the molecule is O=C(NCc1ccc(Cc2cnc[nH]2)cc1)Nc1cc(Cl)nc(Cl)c1. The first-order valence-electron chi connectivity index (χ1n) is 7.51. The second kappa shape index (κ2) is 8.00. The van der Waals surface area contributed by atoms with Gasteiger partial charge >= 0.3 is 6.03 Å². The molecule has 0 atom stereocenters. The van der Waals surface area contributed by atoms with Crippen LogP contribution in [0, 0.1) is 0 Å². The van der Waals surface area contributed by atoms with E-state index in [9.17, 15) is 4.79 Å². The summed E-state index contributed by atoms with van der Waals surface area (Å²) in [6.45, 7) is 0.405. The number of nitrogens with zero attached hydrogens (tertiary/aromatic N) is 2. The summed E-state index contributed by atoms with van der Waals surface area (Å²) < 4.78 is 0. The smallest absolute Gasteiger partial charge is 0.319 e. The lowest BCUT2D eigenvalue weighted by Crippen LogP contribution is -2.28. The summed E-state index contributed by atoms with van der Waals surface area (Å²) in [5, 5.41) is 5.88. The summed E-state index contributed by atoms with van der Waals surface area (Å²) in [5.74, 6) is 0. The zero-order valence-corrected chi connectivity index (χ0v) is 14.6. The zero-order valence-electron chi connectivity index (χ0n) is 13.1. The van der Waals surface area contributed by atoms with Crippen LogP contribution in [0.2, 0.25) is 10.3 Å². The standard InChI is InChI=1S/C17H15Cl2N5O/c18-15-6-13(7-16(19)24-15)23-17(25)21-8-12-3-1-11(2-4-12)5-14-9-20-10-22-14/h1-4,6-7,9-10H,5,8H2,(H,20,22)(H2,21,23,24,25). The fraction of sp³-hybridized carbons (Fsp3) is 0.118. The van der Waals surface area contributed by atoms with Gasteiger partial charge in [-0.1, -0.05) is 47.5 Å². The lowest BCUT2D eigenvalue weighted by atomic mass is 10.1. The fourth-order valence-corrected chi connectivity index (χ4v) is 2.73. The van der Waals surface area contributed by atoms with Crippen LogP contribution in [0.25, 0.3) is 0 Å². The molecule has 0 saturated carbocycles. The highest BCUT2D eigenvalue weighted by Gasteiger charge is 2.05. The number of imidazole rings is 1. The van der Waals surface area contributed by atoms with Gasteiger partial charge in [-0.3, -0.25) is 0 Å². The van der Waals surface area contributed by atoms with Gasteiger partial charge in [-0.25, -0.2) is 14.8 Å². The third kappa shape index (κ3) is 5.20. The van der Waals surface area contributed by atoms with Gasteiger partial charge in [0.2, 0.25) is 0 Å². The van der Waals surface area contributed by atoms with Gasteiger partial charge in [0.1, 0.15) is 10.3 Å². The summed E-state index contributed by atoms with van der Waals surface area (Å²) in [7, 11) is 0. The average Bonchev–Trinajstić information content (AvgIpc) is 3.06. The van der Waals surface area contributed by atoms with Crippen molar-refractivity contribution in [2.45, 2.75) is 13.0 Å². The lowest BCUT2D eigenvalue weighted by Gasteiger charge is -2.09. The molecule has 0 aliphatic rings. The second-order valence-corrected chi connectivity index (χ2v) is 6.15. The van der Waals surface area contributed by atoms with Crippen molar-refractivity contribution in [1.82, 2.24) is 20.3 Å². The molecule has 0 aliphatic carbocycles. The van der Waals surface area contributed by atoms with Gasteiger partial charge in [0.25, 0.3) is 0 Å². The van der Waals surface area contributed by atoms with Crippen molar-refractivity contribution in [3.8, 4) is 0 Å². The Morgan fingerprint density at radius 1 is 1.08 bits per heavy atom. The van der Waals surface area contributed by atoms with Gasteiger partial charge < -0.3 is 15.6 Å². The number of nitrogens with one attached hydrogen (secondary N) is 3. The molecule has 3 N–H and O–H groups in total. The predicted molar refractivity (Wildman–Crippen MR) is 98.0 cm³/mol. The maximum absolute atomic E-state index is 11.9. The molecular weight excluding hydrogens is 361 g/mol. The molecule has 1 aromatic carbocycles. The van der Waals surface area contributed by atoms with Crippen LogP contribution >= 0.6 is 23.2 Å². The lowest BCUT2D eigenvalue weighted by molar-refractivity contribution is 0.251. The molecule has 2 heterocycles. The Hall–Kier alpha value is -2.57.